The highest BCUT2D eigenvalue weighted by Crippen LogP contribution is 2.25. The second-order valence-corrected chi connectivity index (χ2v) is 4.98. The minimum atomic E-state index is 0.0872. The van der Waals surface area contributed by atoms with Gasteiger partial charge in [0.15, 0.2) is 5.78 Å². The molecule has 2 nitrogen and oxygen atoms in total. The van der Waals surface area contributed by atoms with Crippen molar-refractivity contribution in [2.45, 2.75) is 38.7 Å². The van der Waals surface area contributed by atoms with Crippen molar-refractivity contribution in [1.29, 1.82) is 0 Å². The maximum atomic E-state index is 11.8. The molecule has 0 amide bonds. The molecular formula is C15H20O2. The maximum absolute atomic E-state index is 11.8. The molecule has 92 valence electrons. The summed E-state index contributed by atoms with van der Waals surface area (Å²) in [5.41, 5.74) is 0.747. The van der Waals surface area contributed by atoms with E-state index in [0.29, 0.717) is 6.10 Å². The van der Waals surface area contributed by atoms with Gasteiger partial charge in [0.05, 0.1) is 6.10 Å². The molecule has 0 spiro atoms. The van der Waals surface area contributed by atoms with Gasteiger partial charge >= 0.3 is 0 Å². The molecule has 1 saturated carbocycles. The summed E-state index contributed by atoms with van der Waals surface area (Å²) in [4.78, 5) is 11.8. The van der Waals surface area contributed by atoms with Crippen molar-refractivity contribution in [3.05, 3.63) is 35.9 Å². The van der Waals surface area contributed by atoms with Crippen molar-refractivity contribution in [2.24, 2.45) is 5.92 Å². The van der Waals surface area contributed by atoms with Crippen LogP contribution in [0.25, 0.3) is 0 Å². The quantitative estimate of drug-likeness (QED) is 0.743. The van der Waals surface area contributed by atoms with Crippen LogP contribution >= 0.6 is 0 Å². The molecule has 1 aliphatic rings. The Balaban J connectivity index is 1.77. The van der Waals surface area contributed by atoms with E-state index in [-0.39, 0.29) is 12.4 Å². The zero-order valence-corrected chi connectivity index (χ0v) is 10.4. The first-order valence-corrected chi connectivity index (χ1v) is 6.45. The molecule has 2 rings (SSSR count). The van der Waals surface area contributed by atoms with Gasteiger partial charge < -0.3 is 4.74 Å². The van der Waals surface area contributed by atoms with Crippen LogP contribution in [0.5, 0.6) is 0 Å². The highest BCUT2D eigenvalue weighted by molar-refractivity contribution is 5.96. The number of ether oxygens (including phenoxy) is 1. The molecule has 2 heteroatoms. The van der Waals surface area contributed by atoms with Crippen LogP contribution in [-0.4, -0.2) is 18.5 Å². The summed E-state index contributed by atoms with van der Waals surface area (Å²) in [5, 5.41) is 0. The molecule has 0 atom stereocenters. The topological polar surface area (TPSA) is 26.3 Å². The average Bonchev–Trinajstić information content (AvgIpc) is 2.39. The lowest BCUT2D eigenvalue weighted by Gasteiger charge is -2.25. The monoisotopic (exact) mass is 232 g/mol. The first kappa shape index (κ1) is 12.3. The van der Waals surface area contributed by atoms with E-state index in [1.807, 2.05) is 30.3 Å². The molecular weight excluding hydrogens is 212 g/mol. The summed E-state index contributed by atoms with van der Waals surface area (Å²) in [6.07, 6.45) is 4.94. The second kappa shape index (κ2) is 5.97. The van der Waals surface area contributed by atoms with Crippen LogP contribution in [0.2, 0.25) is 0 Å². The smallest absolute Gasteiger partial charge is 0.188 e. The maximum Gasteiger partial charge on any atom is 0.188 e. The van der Waals surface area contributed by atoms with Gasteiger partial charge in [-0.15, -0.1) is 0 Å². The van der Waals surface area contributed by atoms with E-state index in [1.165, 1.54) is 12.8 Å². The fourth-order valence-electron chi connectivity index (χ4n) is 2.30. The Labute approximate surface area is 103 Å². The highest BCUT2D eigenvalue weighted by Gasteiger charge is 2.19. The summed E-state index contributed by atoms with van der Waals surface area (Å²) in [6.45, 7) is 2.51. The Morgan fingerprint density at radius 2 is 1.82 bits per heavy atom. The van der Waals surface area contributed by atoms with Gasteiger partial charge in [-0.2, -0.15) is 0 Å². The number of hydrogen-bond donors (Lipinski definition) is 0. The molecule has 0 radical (unpaired) electrons. The van der Waals surface area contributed by atoms with Crippen LogP contribution in [0.4, 0.5) is 0 Å². The number of rotatable bonds is 4. The Bertz CT molecular complexity index is 350. The summed E-state index contributed by atoms with van der Waals surface area (Å²) in [6, 6.07) is 9.37. The summed E-state index contributed by atoms with van der Waals surface area (Å²) in [5.74, 6) is 0.906. The fourth-order valence-corrected chi connectivity index (χ4v) is 2.30. The lowest BCUT2D eigenvalue weighted by molar-refractivity contribution is 0.0217. The highest BCUT2D eigenvalue weighted by atomic mass is 16.5. The van der Waals surface area contributed by atoms with Crippen LogP contribution < -0.4 is 0 Å². The SMILES string of the molecule is CC1CCC(OCC(=O)c2ccccc2)CC1. The van der Waals surface area contributed by atoms with Gasteiger partial charge in [-0.1, -0.05) is 37.3 Å². The lowest BCUT2D eigenvalue weighted by Crippen LogP contribution is -2.23. The van der Waals surface area contributed by atoms with Crippen molar-refractivity contribution >= 4 is 5.78 Å². The first-order chi connectivity index (χ1) is 8.25. The molecule has 0 saturated heterocycles. The standard InChI is InChI=1S/C15H20O2/c1-12-7-9-14(10-8-12)17-11-15(16)13-5-3-2-4-6-13/h2-6,12,14H,7-11H2,1H3. The van der Waals surface area contributed by atoms with E-state index >= 15 is 0 Å². The van der Waals surface area contributed by atoms with E-state index in [9.17, 15) is 4.79 Å². The molecule has 1 aromatic carbocycles. The van der Waals surface area contributed by atoms with Gasteiger partial charge in [0.2, 0.25) is 0 Å². The van der Waals surface area contributed by atoms with Crippen molar-refractivity contribution in [1.82, 2.24) is 0 Å². The van der Waals surface area contributed by atoms with Gasteiger partial charge in [0.1, 0.15) is 6.61 Å². The number of benzene rings is 1. The number of Topliss-reactive ketones (excluding diaryl/α,β-unsaturated/α-hetero) is 1. The normalized spacial score (nSPS) is 24.5. The van der Waals surface area contributed by atoms with Crippen LogP contribution in [0.3, 0.4) is 0 Å². The van der Waals surface area contributed by atoms with Crippen molar-refractivity contribution in [2.75, 3.05) is 6.61 Å². The molecule has 1 aromatic rings. The summed E-state index contributed by atoms with van der Waals surface area (Å²) in [7, 11) is 0. The largest absolute Gasteiger partial charge is 0.370 e. The average molecular weight is 232 g/mol. The Kier molecular flexibility index (Phi) is 4.32. The van der Waals surface area contributed by atoms with Gasteiger partial charge in [-0.25, -0.2) is 0 Å². The third-order valence-corrected chi connectivity index (χ3v) is 3.51. The third-order valence-electron chi connectivity index (χ3n) is 3.51. The Morgan fingerprint density at radius 3 is 2.47 bits per heavy atom. The third kappa shape index (κ3) is 3.67. The molecule has 1 fully saturated rings. The Morgan fingerprint density at radius 1 is 1.18 bits per heavy atom. The zero-order chi connectivity index (χ0) is 12.1. The molecule has 1 aliphatic carbocycles. The van der Waals surface area contributed by atoms with E-state index < -0.39 is 0 Å². The molecule has 0 aromatic heterocycles. The fraction of sp³-hybridized carbons (Fsp3) is 0.533. The minimum Gasteiger partial charge on any atom is -0.370 e. The molecule has 0 bridgehead atoms. The number of carbonyl (C=O) groups is 1. The van der Waals surface area contributed by atoms with Crippen LogP contribution in [0.15, 0.2) is 30.3 Å². The number of ketones is 1. The van der Waals surface area contributed by atoms with Crippen LogP contribution in [0.1, 0.15) is 43.0 Å². The van der Waals surface area contributed by atoms with Crippen molar-refractivity contribution in [3.63, 3.8) is 0 Å². The minimum absolute atomic E-state index is 0.0872. The summed E-state index contributed by atoms with van der Waals surface area (Å²) < 4.78 is 5.70. The number of hydrogen-bond acceptors (Lipinski definition) is 2. The van der Waals surface area contributed by atoms with Crippen molar-refractivity contribution in [3.8, 4) is 0 Å². The van der Waals surface area contributed by atoms with Crippen molar-refractivity contribution < 1.29 is 9.53 Å². The summed E-state index contributed by atoms with van der Waals surface area (Å²) >= 11 is 0. The molecule has 0 N–H and O–H groups in total. The van der Waals surface area contributed by atoms with Gasteiger partial charge in [0.25, 0.3) is 0 Å². The predicted octanol–water partition coefficient (Wildman–Crippen LogP) is 3.46. The van der Waals surface area contributed by atoms with Gasteiger partial charge in [-0.3, -0.25) is 4.79 Å². The van der Waals surface area contributed by atoms with E-state index in [0.717, 1.165) is 24.3 Å². The molecule has 0 aliphatic heterocycles. The van der Waals surface area contributed by atoms with E-state index in [1.54, 1.807) is 0 Å². The van der Waals surface area contributed by atoms with Gasteiger partial charge in [0, 0.05) is 5.56 Å². The van der Waals surface area contributed by atoms with E-state index in [4.69, 9.17) is 4.74 Å². The predicted molar refractivity (Wildman–Crippen MR) is 68.1 cm³/mol. The lowest BCUT2D eigenvalue weighted by atomic mass is 9.89. The molecule has 17 heavy (non-hydrogen) atoms. The molecule has 0 unspecified atom stereocenters. The number of carbonyl (C=O) groups excluding carboxylic acids is 1. The Hall–Kier alpha value is -1.15. The first-order valence-electron chi connectivity index (χ1n) is 6.45. The van der Waals surface area contributed by atoms with E-state index in [2.05, 4.69) is 6.92 Å². The van der Waals surface area contributed by atoms with Crippen LogP contribution in [-0.2, 0) is 4.74 Å². The van der Waals surface area contributed by atoms with Crippen LogP contribution in [0, 0.1) is 5.92 Å². The molecule has 0 heterocycles. The van der Waals surface area contributed by atoms with Gasteiger partial charge in [-0.05, 0) is 31.6 Å². The zero-order valence-electron chi connectivity index (χ0n) is 10.4. The second-order valence-electron chi connectivity index (χ2n) is 4.98.